The molecule has 19 heavy (non-hydrogen) atoms. The number of hydrogen-bond donors (Lipinski definition) is 2. The van der Waals surface area contributed by atoms with Crippen molar-refractivity contribution >= 4 is 11.7 Å². The summed E-state index contributed by atoms with van der Waals surface area (Å²) < 4.78 is 0. The van der Waals surface area contributed by atoms with Gasteiger partial charge in [0.15, 0.2) is 0 Å². The van der Waals surface area contributed by atoms with Gasteiger partial charge in [-0.25, -0.2) is 9.97 Å². The van der Waals surface area contributed by atoms with Crippen molar-refractivity contribution in [3.63, 3.8) is 0 Å². The first-order chi connectivity index (χ1) is 9.13. The predicted octanol–water partition coefficient (Wildman–Crippen LogP) is -0.0594. The predicted molar refractivity (Wildman–Crippen MR) is 73.9 cm³/mol. The van der Waals surface area contributed by atoms with E-state index in [4.69, 9.17) is 0 Å². The molecule has 2 heterocycles. The largest absolute Gasteiger partial charge is 0.359 e. The van der Waals surface area contributed by atoms with Gasteiger partial charge in [0.2, 0.25) is 5.91 Å². The second-order valence-electron chi connectivity index (χ2n) is 4.95. The molecule has 1 aromatic heterocycles. The van der Waals surface area contributed by atoms with Crippen LogP contribution in [0.1, 0.15) is 18.2 Å². The Balaban J connectivity index is 2.15. The molecule has 1 amide bonds. The summed E-state index contributed by atoms with van der Waals surface area (Å²) >= 11 is 0. The van der Waals surface area contributed by atoms with Crippen LogP contribution in [0.25, 0.3) is 0 Å². The molecule has 0 fully saturated rings. The van der Waals surface area contributed by atoms with Gasteiger partial charge in [-0.15, -0.1) is 0 Å². The van der Waals surface area contributed by atoms with Crippen molar-refractivity contribution in [1.29, 1.82) is 0 Å². The summed E-state index contributed by atoms with van der Waals surface area (Å²) in [4.78, 5) is 22.3. The number of nitrogens with one attached hydrogen (secondary N) is 2. The van der Waals surface area contributed by atoms with Gasteiger partial charge in [-0.1, -0.05) is 6.92 Å². The van der Waals surface area contributed by atoms with E-state index >= 15 is 0 Å². The average Bonchev–Trinajstić information content (AvgIpc) is 2.45. The molecule has 1 aliphatic rings. The zero-order valence-corrected chi connectivity index (χ0v) is 11.7. The summed E-state index contributed by atoms with van der Waals surface area (Å²) in [7, 11) is 3.63. The van der Waals surface area contributed by atoms with Gasteiger partial charge in [-0.3, -0.25) is 4.79 Å². The highest BCUT2D eigenvalue weighted by atomic mass is 16.1. The van der Waals surface area contributed by atoms with E-state index < -0.39 is 0 Å². The standard InChI is InChI=1S/C13H21N5O/c1-9(13(19)14-2)7-18(3)12-10-6-15-5-4-11(10)16-8-17-12/h8-9,15H,4-7H2,1-3H3,(H,14,19). The first-order valence-corrected chi connectivity index (χ1v) is 6.59. The van der Waals surface area contributed by atoms with Gasteiger partial charge in [0.1, 0.15) is 12.1 Å². The summed E-state index contributed by atoms with van der Waals surface area (Å²) in [6, 6.07) is 0. The number of nitrogens with zero attached hydrogens (tertiary/aromatic N) is 3. The maximum absolute atomic E-state index is 11.6. The second-order valence-corrected chi connectivity index (χ2v) is 4.95. The minimum Gasteiger partial charge on any atom is -0.359 e. The maximum atomic E-state index is 11.6. The maximum Gasteiger partial charge on any atom is 0.224 e. The highest BCUT2D eigenvalue weighted by Gasteiger charge is 2.20. The first kappa shape index (κ1) is 13.7. The minimum absolute atomic E-state index is 0.0490. The summed E-state index contributed by atoms with van der Waals surface area (Å²) in [5.74, 6) is 0.901. The SMILES string of the molecule is CNC(=O)C(C)CN(C)c1ncnc2c1CNCC2. The van der Waals surface area contributed by atoms with Crippen LogP contribution in [0.3, 0.4) is 0 Å². The number of carbonyl (C=O) groups is 1. The number of rotatable bonds is 4. The van der Waals surface area contributed by atoms with Gasteiger partial charge in [0.05, 0.1) is 11.6 Å². The van der Waals surface area contributed by atoms with Gasteiger partial charge in [-0.2, -0.15) is 0 Å². The number of hydrogen-bond acceptors (Lipinski definition) is 5. The Labute approximate surface area is 113 Å². The number of aromatic nitrogens is 2. The molecule has 1 atom stereocenters. The lowest BCUT2D eigenvalue weighted by molar-refractivity contribution is -0.123. The molecule has 1 aromatic rings. The summed E-state index contributed by atoms with van der Waals surface area (Å²) in [6.45, 7) is 4.32. The molecular weight excluding hydrogens is 242 g/mol. The van der Waals surface area contributed by atoms with Crippen molar-refractivity contribution in [3.05, 3.63) is 17.6 Å². The molecule has 1 aliphatic heterocycles. The van der Waals surface area contributed by atoms with E-state index in [1.807, 2.05) is 18.9 Å². The monoisotopic (exact) mass is 263 g/mol. The molecule has 2 rings (SSSR count). The van der Waals surface area contributed by atoms with Crippen LogP contribution in [0.2, 0.25) is 0 Å². The van der Waals surface area contributed by atoms with Crippen LogP contribution < -0.4 is 15.5 Å². The smallest absolute Gasteiger partial charge is 0.224 e. The molecule has 0 aromatic carbocycles. The zero-order valence-electron chi connectivity index (χ0n) is 11.7. The topological polar surface area (TPSA) is 70.2 Å². The number of fused-ring (bicyclic) bond motifs is 1. The molecule has 0 spiro atoms. The lowest BCUT2D eigenvalue weighted by Gasteiger charge is -2.26. The van der Waals surface area contributed by atoms with Crippen molar-refractivity contribution in [2.24, 2.45) is 5.92 Å². The Bertz CT molecular complexity index is 462. The van der Waals surface area contributed by atoms with Crippen LogP contribution >= 0.6 is 0 Å². The Kier molecular flexibility index (Phi) is 4.31. The van der Waals surface area contributed by atoms with E-state index in [1.165, 1.54) is 0 Å². The van der Waals surface area contributed by atoms with Crippen molar-refractivity contribution in [2.75, 3.05) is 32.1 Å². The van der Waals surface area contributed by atoms with Crippen LogP contribution in [0, 0.1) is 5.92 Å². The van der Waals surface area contributed by atoms with Crippen LogP contribution in [0.4, 0.5) is 5.82 Å². The van der Waals surface area contributed by atoms with E-state index in [-0.39, 0.29) is 11.8 Å². The van der Waals surface area contributed by atoms with Crippen LogP contribution in [0.15, 0.2) is 6.33 Å². The van der Waals surface area contributed by atoms with Crippen LogP contribution in [-0.2, 0) is 17.8 Å². The molecule has 0 aliphatic carbocycles. The number of carbonyl (C=O) groups excluding carboxylic acids is 1. The fourth-order valence-electron chi connectivity index (χ4n) is 2.41. The Hall–Kier alpha value is -1.69. The Morgan fingerprint density at radius 1 is 1.58 bits per heavy atom. The van der Waals surface area contributed by atoms with Gasteiger partial charge >= 0.3 is 0 Å². The van der Waals surface area contributed by atoms with Gasteiger partial charge in [0, 0.05) is 45.7 Å². The summed E-state index contributed by atoms with van der Waals surface area (Å²) in [6.07, 6.45) is 2.55. The lowest BCUT2D eigenvalue weighted by Crippen LogP contribution is -2.36. The quantitative estimate of drug-likeness (QED) is 0.796. The highest BCUT2D eigenvalue weighted by molar-refractivity contribution is 5.78. The lowest BCUT2D eigenvalue weighted by atomic mass is 10.1. The zero-order chi connectivity index (χ0) is 13.8. The molecule has 0 bridgehead atoms. The van der Waals surface area contributed by atoms with E-state index in [1.54, 1.807) is 13.4 Å². The van der Waals surface area contributed by atoms with E-state index in [2.05, 4.69) is 20.6 Å². The average molecular weight is 263 g/mol. The first-order valence-electron chi connectivity index (χ1n) is 6.59. The number of amides is 1. The molecular formula is C13H21N5O. The van der Waals surface area contributed by atoms with Crippen molar-refractivity contribution in [3.8, 4) is 0 Å². The van der Waals surface area contributed by atoms with E-state index in [0.29, 0.717) is 6.54 Å². The van der Waals surface area contributed by atoms with E-state index in [0.717, 1.165) is 36.6 Å². The summed E-state index contributed by atoms with van der Waals surface area (Å²) in [5.41, 5.74) is 2.27. The fraction of sp³-hybridized carbons (Fsp3) is 0.615. The van der Waals surface area contributed by atoms with Crippen molar-refractivity contribution < 1.29 is 4.79 Å². The third-order valence-electron chi connectivity index (χ3n) is 3.46. The van der Waals surface area contributed by atoms with Crippen molar-refractivity contribution in [2.45, 2.75) is 19.9 Å². The van der Waals surface area contributed by atoms with Gasteiger partial charge in [-0.05, 0) is 0 Å². The Morgan fingerprint density at radius 3 is 3.11 bits per heavy atom. The molecule has 0 saturated carbocycles. The molecule has 2 N–H and O–H groups in total. The third-order valence-corrected chi connectivity index (χ3v) is 3.46. The van der Waals surface area contributed by atoms with Gasteiger partial charge < -0.3 is 15.5 Å². The molecule has 6 nitrogen and oxygen atoms in total. The molecule has 0 saturated heterocycles. The molecule has 104 valence electrons. The van der Waals surface area contributed by atoms with Crippen LogP contribution in [-0.4, -0.2) is 43.1 Å². The second kappa shape index (κ2) is 5.97. The molecule has 1 unspecified atom stereocenters. The fourth-order valence-corrected chi connectivity index (χ4v) is 2.41. The molecule has 0 radical (unpaired) electrons. The third kappa shape index (κ3) is 3.01. The van der Waals surface area contributed by atoms with Crippen LogP contribution in [0.5, 0.6) is 0 Å². The normalized spacial score (nSPS) is 15.5. The molecule has 6 heteroatoms. The minimum atomic E-state index is -0.0721. The van der Waals surface area contributed by atoms with E-state index in [9.17, 15) is 4.79 Å². The van der Waals surface area contributed by atoms with Crippen molar-refractivity contribution in [1.82, 2.24) is 20.6 Å². The summed E-state index contributed by atoms with van der Waals surface area (Å²) in [5, 5.41) is 6.01. The Morgan fingerprint density at radius 2 is 2.37 bits per heavy atom. The number of anilines is 1. The highest BCUT2D eigenvalue weighted by Crippen LogP contribution is 2.22. The van der Waals surface area contributed by atoms with Gasteiger partial charge in [0.25, 0.3) is 0 Å².